The molecule has 52 valence electrons. The fourth-order valence-electron chi connectivity index (χ4n) is 1.06. The van der Waals surface area contributed by atoms with Crippen molar-refractivity contribution in [3.05, 3.63) is 22.8 Å². The third kappa shape index (κ3) is 0.688. The van der Waals surface area contributed by atoms with Crippen molar-refractivity contribution in [3.63, 3.8) is 0 Å². The van der Waals surface area contributed by atoms with E-state index >= 15 is 0 Å². The van der Waals surface area contributed by atoms with Crippen molar-refractivity contribution in [2.75, 3.05) is 0 Å². The Morgan fingerprint density at radius 1 is 1.40 bits per heavy atom. The van der Waals surface area contributed by atoms with Gasteiger partial charge in [-0.25, -0.2) is 0 Å². The van der Waals surface area contributed by atoms with E-state index in [2.05, 4.69) is 18.4 Å². The summed E-state index contributed by atoms with van der Waals surface area (Å²) in [5.41, 5.74) is 1.32. The molecular formula is C8H8OS. The van der Waals surface area contributed by atoms with Crippen molar-refractivity contribution in [3.8, 4) is 0 Å². The number of hydrogen-bond donors (Lipinski definition) is 0. The van der Waals surface area contributed by atoms with Gasteiger partial charge in [0.25, 0.3) is 0 Å². The summed E-state index contributed by atoms with van der Waals surface area (Å²) in [6, 6.07) is 2.08. The van der Waals surface area contributed by atoms with E-state index in [0.29, 0.717) is 0 Å². The highest BCUT2D eigenvalue weighted by Crippen LogP contribution is 2.27. The van der Waals surface area contributed by atoms with Crippen molar-refractivity contribution >= 4 is 21.6 Å². The van der Waals surface area contributed by atoms with Crippen molar-refractivity contribution in [1.82, 2.24) is 0 Å². The van der Waals surface area contributed by atoms with Crippen LogP contribution in [0, 0.1) is 13.8 Å². The van der Waals surface area contributed by atoms with Gasteiger partial charge in [0.2, 0.25) is 0 Å². The van der Waals surface area contributed by atoms with Crippen LogP contribution >= 0.6 is 11.3 Å². The smallest absolute Gasteiger partial charge is 0.188 e. The third-order valence-electron chi connectivity index (χ3n) is 1.59. The molecule has 1 nitrogen and oxygen atoms in total. The Hall–Kier alpha value is -0.760. The van der Waals surface area contributed by atoms with Crippen LogP contribution < -0.4 is 0 Å². The quantitative estimate of drug-likeness (QED) is 0.565. The molecule has 0 aliphatic carbocycles. The normalized spacial score (nSPS) is 11.0. The zero-order valence-electron chi connectivity index (χ0n) is 5.97. The van der Waals surface area contributed by atoms with Crippen LogP contribution in [0.3, 0.4) is 0 Å². The van der Waals surface area contributed by atoms with Crippen LogP contribution in [-0.4, -0.2) is 0 Å². The van der Waals surface area contributed by atoms with Gasteiger partial charge in [0.05, 0.1) is 0 Å². The molecule has 2 heteroatoms. The lowest BCUT2D eigenvalue weighted by Gasteiger charge is -1.75. The van der Waals surface area contributed by atoms with Gasteiger partial charge in [-0.1, -0.05) is 0 Å². The third-order valence-corrected chi connectivity index (χ3v) is 2.58. The van der Waals surface area contributed by atoms with Gasteiger partial charge in [0.15, 0.2) is 4.90 Å². The minimum Gasteiger partial charge on any atom is -0.451 e. The average Bonchev–Trinajstić information content (AvgIpc) is 2.35. The minimum atomic E-state index is 1.00. The van der Waals surface area contributed by atoms with Gasteiger partial charge in [-0.05, 0) is 30.9 Å². The average molecular weight is 152 g/mol. The Morgan fingerprint density at radius 2 is 2.20 bits per heavy atom. The summed E-state index contributed by atoms with van der Waals surface area (Å²) in [5, 5.41) is 3.38. The molecule has 0 amide bonds. The van der Waals surface area contributed by atoms with Crippen LogP contribution in [0.25, 0.3) is 10.3 Å². The molecule has 0 N–H and O–H groups in total. The van der Waals surface area contributed by atoms with E-state index in [1.807, 2.05) is 6.92 Å². The predicted octanol–water partition coefficient (Wildman–Crippen LogP) is 3.11. The molecule has 0 aliphatic rings. The monoisotopic (exact) mass is 152 g/mol. The summed E-state index contributed by atoms with van der Waals surface area (Å²) >= 11 is 1.67. The molecule has 2 heterocycles. The minimum absolute atomic E-state index is 1.00. The summed E-state index contributed by atoms with van der Waals surface area (Å²) < 4.78 is 5.41. The number of hydrogen-bond acceptors (Lipinski definition) is 2. The second kappa shape index (κ2) is 1.86. The second-order valence-electron chi connectivity index (χ2n) is 2.48. The largest absolute Gasteiger partial charge is 0.451 e. The zero-order chi connectivity index (χ0) is 7.14. The van der Waals surface area contributed by atoms with Gasteiger partial charge < -0.3 is 4.42 Å². The summed E-state index contributed by atoms with van der Waals surface area (Å²) in [5.74, 6) is 1.00. The van der Waals surface area contributed by atoms with Crippen LogP contribution in [-0.2, 0) is 0 Å². The first kappa shape index (κ1) is 5.98. The maximum atomic E-state index is 5.41. The number of thiophene rings is 1. The predicted molar refractivity (Wildman–Crippen MR) is 43.6 cm³/mol. The van der Waals surface area contributed by atoms with Crippen LogP contribution in [0.2, 0.25) is 0 Å². The van der Waals surface area contributed by atoms with E-state index in [9.17, 15) is 0 Å². The summed E-state index contributed by atoms with van der Waals surface area (Å²) in [4.78, 5) is 1.05. The molecule has 2 rings (SSSR count). The fourth-order valence-corrected chi connectivity index (χ4v) is 2.00. The Kier molecular flexibility index (Phi) is 1.11. The van der Waals surface area contributed by atoms with Gasteiger partial charge >= 0.3 is 0 Å². The van der Waals surface area contributed by atoms with E-state index in [0.717, 1.165) is 10.7 Å². The van der Waals surface area contributed by atoms with E-state index in [4.69, 9.17) is 4.42 Å². The lowest BCUT2D eigenvalue weighted by atomic mass is 10.3. The van der Waals surface area contributed by atoms with Gasteiger partial charge in [0, 0.05) is 5.39 Å². The molecule has 0 fully saturated rings. The van der Waals surface area contributed by atoms with E-state index in [1.165, 1.54) is 10.9 Å². The molecule has 0 spiro atoms. The topological polar surface area (TPSA) is 13.1 Å². The van der Waals surface area contributed by atoms with Gasteiger partial charge in [-0.3, -0.25) is 0 Å². The lowest BCUT2D eigenvalue weighted by molar-refractivity contribution is 0.585. The van der Waals surface area contributed by atoms with E-state index < -0.39 is 0 Å². The summed E-state index contributed by atoms with van der Waals surface area (Å²) in [6.07, 6.45) is 0. The van der Waals surface area contributed by atoms with Crippen molar-refractivity contribution in [2.45, 2.75) is 13.8 Å². The lowest BCUT2D eigenvalue weighted by Crippen LogP contribution is -1.58. The van der Waals surface area contributed by atoms with Crippen LogP contribution in [0.15, 0.2) is 15.9 Å². The first-order chi connectivity index (χ1) is 4.77. The fraction of sp³-hybridized carbons (Fsp3) is 0.250. The molecule has 0 bridgehead atoms. The maximum Gasteiger partial charge on any atom is 0.188 e. The first-order valence-corrected chi connectivity index (χ1v) is 4.09. The number of furan rings is 1. The molecule has 0 aliphatic heterocycles. The van der Waals surface area contributed by atoms with Gasteiger partial charge in [-0.15, -0.1) is 11.3 Å². The van der Waals surface area contributed by atoms with E-state index in [-0.39, 0.29) is 0 Å². The Labute approximate surface area is 63.3 Å². The van der Waals surface area contributed by atoms with Crippen LogP contribution in [0.1, 0.15) is 11.3 Å². The van der Waals surface area contributed by atoms with Crippen molar-refractivity contribution in [2.24, 2.45) is 0 Å². The molecule has 2 aromatic heterocycles. The molecule has 0 atom stereocenters. The summed E-state index contributed by atoms with van der Waals surface area (Å²) in [6.45, 7) is 4.08. The molecule has 0 unspecified atom stereocenters. The number of rotatable bonds is 0. The van der Waals surface area contributed by atoms with Gasteiger partial charge in [0.1, 0.15) is 5.76 Å². The molecule has 0 radical (unpaired) electrons. The maximum absolute atomic E-state index is 5.41. The number of fused-ring (bicyclic) bond motifs is 1. The Balaban J connectivity index is 2.90. The van der Waals surface area contributed by atoms with Gasteiger partial charge in [-0.2, -0.15) is 0 Å². The highest BCUT2D eigenvalue weighted by molar-refractivity contribution is 7.16. The molecule has 2 aromatic rings. The zero-order valence-corrected chi connectivity index (χ0v) is 6.79. The SMILES string of the molecule is Cc1cc2c(C)csc2o1. The molecule has 10 heavy (non-hydrogen) atoms. The first-order valence-electron chi connectivity index (χ1n) is 3.21. The van der Waals surface area contributed by atoms with Crippen LogP contribution in [0.5, 0.6) is 0 Å². The molecular weight excluding hydrogens is 144 g/mol. The Bertz CT molecular complexity index is 356. The molecule has 0 aromatic carbocycles. The van der Waals surface area contributed by atoms with Crippen molar-refractivity contribution in [1.29, 1.82) is 0 Å². The second-order valence-corrected chi connectivity index (χ2v) is 3.32. The standard InChI is InChI=1S/C8H8OS/c1-5-4-10-8-7(5)3-6(2)9-8/h3-4H,1-2H3. The Morgan fingerprint density at radius 3 is 2.90 bits per heavy atom. The molecule has 0 saturated heterocycles. The number of aryl methyl sites for hydroxylation is 2. The van der Waals surface area contributed by atoms with Crippen molar-refractivity contribution < 1.29 is 4.42 Å². The highest BCUT2D eigenvalue weighted by Gasteiger charge is 2.03. The molecule has 0 saturated carbocycles. The van der Waals surface area contributed by atoms with Crippen LogP contribution in [0.4, 0.5) is 0 Å². The highest BCUT2D eigenvalue weighted by atomic mass is 32.1. The summed E-state index contributed by atoms with van der Waals surface area (Å²) in [7, 11) is 0. The van der Waals surface area contributed by atoms with E-state index in [1.54, 1.807) is 11.3 Å².